The molecule has 224 valence electrons. The van der Waals surface area contributed by atoms with Crippen LogP contribution in [0, 0.1) is 23.7 Å². The first-order chi connectivity index (χ1) is 16.9. The van der Waals surface area contributed by atoms with E-state index in [9.17, 15) is 14.4 Å². The fraction of sp³-hybridized carbons (Fsp3) is 0.897. The molecule has 0 aliphatic heterocycles. The van der Waals surface area contributed by atoms with E-state index in [2.05, 4.69) is 50.6 Å². The summed E-state index contributed by atoms with van der Waals surface area (Å²) in [6.07, 6.45) is 0.421. The van der Waals surface area contributed by atoms with Gasteiger partial charge < -0.3 is 25.6 Å². The minimum atomic E-state index is -0.401. The average molecular weight is 533 g/mol. The van der Waals surface area contributed by atoms with Crippen LogP contribution in [0.4, 0.5) is 4.79 Å². The second-order valence-electron chi connectivity index (χ2n) is 11.4. The van der Waals surface area contributed by atoms with Gasteiger partial charge in [-0.2, -0.15) is 0 Å². The summed E-state index contributed by atoms with van der Waals surface area (Å²) in [5.74, 6) is 2.11. The molecule has 0 unspecified atom stereocenters. The van der Waals surface area contributed by atoms with Crippen LogP contribution in [-0.4, -0.2) is 68.2 Å². The number of carbonyl (C=O) groups is 3. The molecule has 0 aromatic heterocycles. The van der Waals surface area contributed by atoms with Crippen molar-refractivity contribution in [2.24, 2.45) is 23.7 Å². The van der Waals surface area contributed by atoms with E-state index in [1.54, 1.807) is 11.9 Å². The SMILES string of the molecule is CCN(CC(C)C)C(=O)OC(C)(C)C.CCNC(=O)C(C)C.CCNCC(C)C.CNC(=O)CC(C)C. The highest BCUT2D eigenvalue weighted by Crippen LogP contribution is 2.10. The monoisotopic (exact) mass is 532 g/mol. The van der Waals surface area contributed by atoms with Gasteiger partial charge in [-0.05, 0) is 65.5 Å². The quantitative estimate of drug-likeness (QED) is 0.335. The van der Waals surface area contributed by atoms with Crippen molar-refractivity contribution in [2.75, 3.05) is 39.8 Å². The van der Waals surface area contributed by atoms with Crippen molar-refractivity contribution in [1.82, 2.24) is 20.9 Å². The number of ether oxygens (including phenoxy) is 1. The molecule has 0 atom stereocenters. The topological polar surface area (TPSA) is 99.8 Å². The van der Waals surface area contributed by atoms with Crippen LogP contribution in [0.15, 0.2) is 0 Å². The van der Waals surface area contributed by atoms with Gasteiger partial charge in [-0.1, -0.05) is 62.3 Å². The van der Waals surface area contributed by atoms with E-state index in [0.29, 0.717) is 24.8 Å². The average Bonchev–Trinajstić information content (AvgIpc) is 2.75. The van der Waals surface area contributed by atoms with Gasteiger partial charge in [-0.15, -0.1) is 0 Å². The molecule has 0 spiro atoms. The van der Waals surface area contributed by atoms with Crippen LogP contribution in [0.5, 0.6) is 0 Å². The Bertz CT molecular complexity index is 557. The third-order valence-electron chi connectivity index (χ3n) is 4.17. The lowest BCUT2D eigenvalue weighted by molar-refractivity contribution is -0.124. The maximum Gasteiger partial charge on any atom is 0.410 e. The number of hydrogen-bond acceptors (Lipinski definition) is 5. The number of amides is 3. The van der Waals surface area contributed by atoms with Gasteiger partial charge >= 0.3 is 6.09 Å². The fourth-order valence-corrected chi connectivity index (χ4v) is 2.38. The van der Waals surface area contributed by atoms with Crippen molar-refractivity contribution >= 4 is 17.9 Å². The Morgan fingerprint density at radius 2 is 1.32 bits per heavy atom. The van der Waals surface area contributed by atoms with Crippen LogP contribution in [0.2, 0.25) is 0 Å². The molecule has 0 aromatic carbocycles. The number of rotatable bonds is 10. The van der Waals surface area contributed by atoms with Crippen molar-refractivity contribution in [3.63, 3.8) is 0 Å². The van der Waals surface area contributed by atoms with Crippen molar-refractivity contribution in [3.8, 4) is 0 Å². The van der Waals surface area contributed by atoms with Gasteiger partial charge in [0.15, 0.2) is 0 Å². The second-order valence-corrected chi connectivity index (χ2v) is 11.4. The zero-order chi connectivity index (χ0) is 30.2. The Labute approximate surface area is 230 Å². The maximum absolute atomic E-state index is 11.6. The van der Waals surface area contributed by atoms with Crippen LogP contribution in [0.25, 0.3) is 0 Å². The van der Waals surface area contributed by atoms with E-state index in [4.69, 9.17) is 4.74 Å². The second kappa shape index (κ2) is 25.8. The third-order valence-corrected chi connectivity index (χ3v) is 4.17. The van der Waals surface area contributed by atoms with E-state index in [0.717, 1.165) is 32.1 Å². The normalized spacial score (nSPS) is 10.5. The van der Waals surface area contributed by atoms with Gasteiger partial charge in [-0.3, -0.25) is 9.59 Å². The molecule has 0 fully saturated rings. The van der Waals surface area contributed by atoms with Crippen LogP contribution >= 0.6 is 0 Å². The Balaban J connectivity index is -0.000000206. The summed E-state index contributed by atoms with van der Waals surface area (Å²) in [5, 5.41) is 8.51. The van der Waals surface area contributed by atoms with Gasteiger partial charge in [-0.25, -0.2) is 4.79 Å². The molecule has 0 heterocycles. The Kier molecular flexibility index (Phi) is 29.5. The molecule has 0 radical (unpaired) electrons. The van der Waals surface area contributed by atoms with E-state index in [-0.39, 0.29) is 23.8 Å². The van der Waals surface area contributed by atoms with E-state index < -0.39 is 5.60 Å². The van der Waals surface area contributed by atoms with E-state index in [1.165, 1.54) is 0 Å². The first-order valence-electron chi connectivity index (χ1n) is 14.0. The molecule has 37 heavy (non-hydrogen) atoms. The highest BCUT2D eigenvalue weighted by molar-refractivity contribution is 5.77. The van der Waals surface area contributed by atoms with Crippen LogP contribution in [0.3, 0.4) is 0 Å². The van der Waals surface area contributed by atoms with Crippen molar-refractivity contribution < 1.29 is 19.1 Å². The molecule has 8 nitrogen and oxygen atoms in total. The summed E-state index contributed by atoms with van der Waals surface area (Å²) in [6, 6.07) is 0. The summed E-state index contributed by atoms with van der Waals surface area (Å²) < 4.78 is 5.28. The van der Waals surface area contributed by atoms with Gasteiger partial charge in [0.2, 0.25) is 11.8 Å². The van der Waals surface area contributed by atoms with Crippen molar-refractivity contribution in [2.45, 2.75) is 109 Å². The molecule has 0 rings (SSSR count). The fourth-order valence-electron chi connectivity index (χ4n) is 2.38. The summed E-state index contributed by atoms with van der Waals surface area (Å²) in [5.41, 5.74) is -0.401. The molecule has 0 aliphatic rings. The summed E-state index contributed by atoms with van der Waals surface area (Å²) >= 11 is 0. The van der Waals surface area contributed by atoms with Crippen molar-refractivity contribution in [3.05, 3.63) is 0 Å². The van der Waals surface area contributed by atoms with Crippen LogP contribution < -0.4 is 16.0 Å². The molecular formula is C29H64N4O4. The lowest BCUT2D eigenvalue weighted by atomic mass is 10.1. The minimum Gasteiger partial charge on any atom is -0.444 e. The van der Waals surface area contributed by atoms with Gasteiger partial charge in [0.1, 0.15) is 5.60 Å². The summed E-state index contributed by atoms with van der Waals surface area (Å²) in [6.45, 7) is 32.5. The third kappa shape index (κ3) is 38.9. The van der Waals surface area contributed by atoms with Gasteiger partial charge in [0.05, 0.1) is 0 Å². The number of nitrogens with one attached hydrogen (secondary N) is 3. The predicted octanol–water partition coefficient (Wildman–Crippen LogP) is 5.71. The Morgan fingerprint density at radius 1 is 0.811 bits per heavy atom. The molecule has 0 aliphatic carbocycles. The molecular weight excluding hydrogens is 468 g/mol. The number of carbonyl (C=O) groups excluding carboxylic acids is 3. The van der Waals surface area contributed by atoms with E-state index in [1.807, 2.05) is 62.3 Å². The predicted molar refractivity (Wildman–Crippen MR) is 159 cm³/mol. The molecule has 8 heteroatoms. The lowest BCUT2D eigenvalue weighted by Crippen LogP contribution is -2.38. The number of hydrogen-bond donors (Lipinski definition) is 3. The zero-order valence-electron chi connectivity index (χ0n) is 27.1. The van der Waals surface area contributed by atoms with Crippen molar-refractivity contribution in [1.29, 1.82) is 0 Å². The van der Waals surface area contributed by atoms with E-state index >= 15 is 0 Å². The first-order valence-corrected chi connectivity index (χ1v) is 14.0. The lowest BCUT2D eigenvalue weighted by Gasteiger charge is -2.27. The summed E-state index contributed by atoms with van der Waals surface area (Å²) in [4.78, 5) is 34.5. The molecule has 0 bridgehead atoms. The van der Waals surface area contributed by atoms with Gasteiger partial charge in [0.25, 0.3) is 0 Å². The molecule has 0 saturated heterocycles. The molecule has 0 aromatic rings. The molecule has 3 N–H and O–H groups in total. The van der Waals surface area contributed by atoms with Crippen LogP contribution in [0.1, 0.15) is 103 Å². The molecule has 0 saturated carbocycles. The largest absolute Gasteiger partial charge is 0.444 e. The highest BCUT2D eigenvalue weighted by Gasteiger charge is 2.21. The highest BCUT2D eigenvalue weighted by atomic mass is 16.6. The molecule has 3 amide bonds. The van der Waals surface area contributed by atoms with Crippen LogP contribution in [-0.2, 0) is 14.3 Å². The van der Waals surface area contributed by atoms with Gasteiger partial charge in [0, 0.05) is 39.0 Å². The zero-order valence-corrected chi connectivity index (χ0v) is 27.1. The Morgan fingerprint density at radius 3 is 1.51 bits per heavy atom. The standard InChI is InChI=1S/C11H23NO2.2C6H13NO.C6H15N/c1-7-12(8-9(2)3)10(13)14-11(4,5)6;1-5(2)4-6(8)7-3;1-4-7-6(8)5(2)3;1-4-7-5-6(2)3/h9H,7-8H2,1-6H3;2*5H,4H2,1-3H3,(H,7,8);6-7H,4-5H2,1-3H3. The Hall–Kier alpha value is -1.83. The minimum absolute atomic E-state index is 0.120. The summed E-state index contributed by atoms with van der Waals surface area (Å²) in [7, 11) is 1.66. The first kappa shape index (κ1) is 42.3. The maximum atomic E-state index is 11.6. The smallest absolute Gasteiger partial charge is 0.410 e. The number of nitrogens with zero attached hydrogens (tertiary/aromatic N) is 1.